The van der Waals surface area contributed by atoms with Gasteiger partial charge in [0.05, 0.1) is 0 Å². The van der Waals surface area contributed by atoms with Crippen molar-refractivity contribution >= 4 is 59.8 Å². The molecule has 0 N–H and O–H groups in total. The molecule has 0 amide bonds. The Morgan fingerprint density at radius 3 is 1.57 bits per heavy atom. The number of rotatable bonds is 3. The first-order valence-electron chi connectivity index (χ1n) is 11.9. The van der Waals surface area contributed by atoms with Crippen molar-refractivity contribution in [2.45, 2.75) is 6.54 Å². The van der Waals surface area contributed by atoms with Crippen molar-refractivity contribution in [2.24, 2.45) is 0 Å². The van der Waals surface area contributed by atoms with Gasteiger partial charge in [0.25, 0.3) is 0 Å². The lowest BCUT2D eigenvalue weighted by molar-refractivity contribution is -0.657. The highest BCUT2D eigenvalue weighted by atomic mass is 16.1. The number of hydrogen-bond acceptors (Lipinski definition) is 1. The first-order chi connectivity index (χ1) is 17.2. The van der Waals surface area contributed by atoms with Gasteiger partial charge in [0.2, 0.25) is 17.8 Å². The number of fused-ring (bicyclic) bond motifs is 5. The van der Waals surface area contributed by atoms with Crippen molar-refractivity contribution in [3.8, 4) is 0 Å². The lowest BCUT2D eigenvalue weighted by Crippen LogP contribution is -2.38. The highest BCUT2D eigenvalue weighted by Crippen LogP contribution is 2.34. The van der Waals surface area contributed by atoms with Crippen LogP contribution in [0.5, 0.6) is 0 Å². The zero-order valence-corrected chi connectivity index (χ0v) is 19.1. The minimum atomic E-state index is 0.118. The molecule has 2 heteroatoms. The van der Waals surface area contributed by atoms with Gasteiger partial charge in [-0.25, -0.2) is 0 Å². The topological polar surface area (TPSA) is 20.9 Å². The van der Waals surface area contributed by atoms with E-state index >= 15 is 0 Å². The molecule has 0 aliphatic rings. The van der Waals surface area contributed by atoms with Crippen molar-refractivity contribution in [3.63, 3.8) is 0 Å². The highest BCUT2D eigenvalue weighted by Gasteiger charge is 2.21. The van der Waals surface area contributed by atoms with E-state index in [0.717, 1.165) is 48.8 Å². The molecule has 0 saturated carbocycles. The molecule has 0 unspecified atom stereocenters. The van der Waals surface area contributed by atoms with Crippen LogP contribution in [0.3, 0.4) is 0 Å². The molecule has 0 radical (unpaired) electrons. The molecule has 35 heavy (non-hydrogen) atoms. The maximum Gasteiger partial charge on any atom is 0.228 e. The first kappa shape index (κ1) is 19.9. The number of aromatic nitrogens is 1. The van der Waals surface area contributed by atoms with Crippen LogP contribution in [0.1, 0.15) is 10.4 Å². The van der Waals surface area contributed by atoms with Gasteiger partial charge in [-0.1, -0.05) is 60.7 Å². The molecule has 0 fully saturated rings. The second-order valence-corrected chi connectivity index (χ2v) is 9.21. The Morgan fingerprint density at radius 1 is 0.514 bits per heavy atom. The molecular formula is C33H22NO+. The summed E-state index contributed by atoms with van der Waals surface area (Å²) in [6, 6.07) is 40.0. The molecule has 7 aromatic rings. The van der Waals surface area contributed by atoms with Gasteiger partial charge in [-0.05, 0) is 85.6 Å². The van der Waals surface area contributed by atoms with E-state index in [9.17, 15) is 4.79 Å². The Labute approximate surface area is 202 Å². The number of carbonyl (C=O) groups excluding carboxylic acids is 1. The number of carbonyl (C=O) groups is 1. The summed E-state index contributed by atoms with van der Waals surface area (Å²) in [5.41, 5.74) is 1.86. The van der Waals surface area contributed by atoms with E-state index in [1.807, 2.05) is 24.4 Å². The predicted octanol–water partition coefficient (Wildman–Crippen LogP) is 7.62. The number of hydrogen-bond donors (Lipinski definition) is 0. The van der Waals surface area contributed by atoms with Gasteiger partial charge in [-0.2, -0.15) is 4.57 Å². The Bertz CT molecular complexity index is 1850. The molecule has 0 spiro atoms. The van der Waals surface area contributed by atoms with Gasteiger partial charge in [-0.15, -0.1) is 0 Å². The average Bonchev–Trinajstić information content (AvgIpc) is 2.89. The second-order valence-electron chi connectivity index (χ2n) is 9.21. The van der Waals surface area contributed by atoms with E-state index in [-0.39, 0.29) is 12.3 Å². The third-order valence-corrected chi connectivity index (χ3v) is 7.07. The van der Waals surface area contributed by atoms with Crippen molar-refractivity contribution < 1.29 is 9.36 Å². The Balaban J connectivity index is 1.53. The standard InChI is InChI=1S/C33H22NO/c35-32(21-34-15-7-13-22-8-5-6-14-31(22)34)33-29-19-25-11-3-1-9-23(25)16-27(29)18-28-17-24-10-2-4-12-26(24)20-30(28)33/h1-20H,21H2/q+1. The van der Waals surface area contributed by atoms with Crippen LogP contribution in [-0.4, -0.2) is 5.78 Å². The Hall–Kier alpha value is -4.56. The van der Waals surface area contributed by atoms with E-state index in [0.29, 0.717) is 0 Å². The van der Waals surface area contributed by atoms with Gasteiger partial charge in [0, 0.05) is 23.1 Å². The van der Waals surface area contributed by atoms with Crippen LogP contribution < -0.4 is 4.57 Å². The summed E-state index contributed by atoms with van der Waals surface area (Å²) in [4.78, 5) is 14.1. The number of benzene rings is 6. The van der Waals surface area contributed by atoms with E-state index in [1.54, 1.807) is 0 Å². The number of nitrogens with zero attached hydrogens (tertiary/aromatic N) is 1. The molecule has 1 heterocycles. The Kier molecular flexibility index (Phi) is 4.40. The summed E-state index contributed by atoms with van der Waals surface area (Å²) in [6.07, 6.45) is 2.00. The van der Waals surface area contributed by atoms with E-state index < -0.39 is 0 Å². The fourth-order valence-electron chi connectivity index (χ4n) is 5.39. The summed E-state index contributed by atoms with van der Waals surface area (Å²) in [5, 5.41) is 10.00. The lowest BCUT2D eigenvalue weighted by Gasteiger charge is -2.13. The molecule has 0 bridgehead atoms. The van der Waals surface area contributed by atoms with Crippen molar-refractivity contribution in [1.82, 2.24) is 0 Å². The summed E-state index contributed by atoms with van der Waals surface area (Å²) in [6.45, 7) is 0.287. The molecule has 0 atom stereocenters. The minimum Gasteiger partial charge on any atom is -0.287 e. The summed E-state index contributed by atoms with van der Waals surface area (Å²) in [7, 11) is 0. The molecule has 0 aliphatic heterocycles. The first-order valence-corrected chi connectivity index (χ1v) is 11.9. The van der Waals surface area contributed by atoms with Gasteiger partial charge in [0.1, 0.15) is 0 Å². The van der Waals surface area contributed by atoms with Gasteiger partial charge >= 0.3 is 0 Å². The molecule has 2 nitrogen and oxygen atoms in total. The monoisotopic (exact) mass is 448 g/mol. The third kappa shape index (κ3) is 3.26. The van der Waals surface area contributed by atoms with Crippen molar-refractivity contribution in [2.75, 3.05) is 0 Å². The van der Waals surface area contributed by atoms with Crippen LogP contribution in [0.4, 0.5) is 0 Å². The molecule has 0 saturated heterocycles. The van der Waals surface area contributed by atoms with Crippen molar-refractivity contribution in [1.29, 1.82) is 0 Å². The average molecular weight is 449 g/mol. The minimum absolute atomic E-state index is 0.118. The summed E-state index contributed by atoms with van der Waals surface area (Å²) < 4.78 is 2.06. The lowest BCUT2D eigenvalue weighted by atomic mass is 9.90. The van der Waals surface area contributed by atoms with Crippen LogP contribution >= 0.6 is 0 Å². The molecule has 164 valence electrons. The van der Waals surface area contributed by atoms with E-state index in [2.05, 4.69) is 102 Å². The highest BCUT2D eigenvalue weighted by molar-refractivity contribution is 6.22. The normalized spacial score (nSPS) is 11.7. The third-order valence-electron chi connectivity index (χ3n) is 7.07. The fourth-order valence-corrected chi connectivity index (χ4v) is 5.39. The molecule has 1 aromatic heterocycles. The molecule has 6 aromatic carbocycles. The van der Waals surface area contributed by atoms with Crippen LogP contribution in [0, 0.1) is 0 Å². The molecule has 7 rings (SSSR count). The quantitative estimate of drug-likeness (QED) is 0.155. The van der Waals surface area contributed by atoms with Gasteiger partial charge in [0.15, 0.2) is 6.20 Å². The van der Waals surface area contributed by atoms with Crippen LogP contribution in [-0.2, 0) is 6.54 Å². The number of pyridine rings is 1. The fraction of sp³-hybridized carbons (Fsp3) is 0.0303. The predicted molar refractivity (Wildman–Crippen MR) is 145 cm³/mol. The largest absolute Gasteiger partial charge is 0.287 e. The molecular weight excluding hydrogens is 426 g/mol. The van der Waals surface area contributed by atoms with Crippen LogP contribution in [0.25, 0.3) is 54.0 Å². The smallest absolute Gasteiger partial charge is 0.228 e. The van der Waals surface area contributed by atoms with Gasteiger partial charge in [-0.3, -0.25) is 4.79 Å². The molecule has 0 aliphatic carbocycles. The maximum atomic E-state index is 14.1. The number of ketones is 1. The number of Topliss-reactive ketones (excluding diaryl/α,β-unsaturated/α-hetero) is 1. The van der Waals surface area contributed by atoms with Crippen LogP contribution in [0.2, 0.25) is 0 Å². The SMILES string of the molecule is O=C(C[n+]1cccc2ccccc21)c1c2cc3ccccc3cc2cc2cc3ccccc3cc12. The van der Waals surface area contributed by atoms with E-state index in [1.165, 1.54) is 10.8 Å². The number of para-hydroxylation sites is 1. The summed E-state index contributed by atoms with van der Waals surface area (Å²) in [5.74, 6) is 0.118. The van der Waals surface area contributed by atoms with E-state index in [4.69, 9.17) is 0 Å². The maximum absolute atomic E-state index is 14.1. The van der Waals surface area contributed by atoms with Gasteiger partial charge < -0.3 is 0 Å². The summed E-state index contributed by atoms with van der Waals surface area (Å²) >= 11 is 0. The zero-order chi connectivity index (χ0) is 23.4. The zero-order valence-electron chi connectivity index (χ0n) is 19.1. The second kappa shape index (κ2) is 7.75. The van der Waals surface area contributed by atoms with Crippen LogP contribution in [0.15, 0.2) is 121 Å². The van der Waals surface area contributed by atoms with Crippen molar-refractivity contribution in [3.05, 3.63) is 127 Å². The Morgan fingerprint density at radius 2 is 0.971 bits per heavy atom.